The quantitative estimate of drug-likeness (QED) is 0.815. The predicted molar refractivity (Wildman–Crippen MR) is 105 cm³/mol. The van der Waals surface area contributed by atoms with Crippen molar-refractivity contribution in [1.82, 2.24) is 9.80 Å². The molecule has 4 rings (SSSR count). The van der Waals surface area contributed by atoms with Crippen molar-refractivity contribution in [2.24, 2.45) is 0 Å². The molecule has 4 nitrogen and oxygen atoms in total. The zero-order valence-corrected chi connectivity index (χ0v) is 15.8. The lowest BCUT2D eigenvalue weighted by Gasteiger charge is -2.32. The molecular weight excluding hydrogens is 336 g/mol. The van der Waals surface area contributed by atoms with Crippen LogP contribution in [0.1, 0.15) is 59.7 Å². The molecule has 27 heavy (non-hydrogen) atoms. The number of hydrogen-bond acceptors (Lipinski definition) is 2. The van der Waals surface area contributed by atoms with Gasteiger partial charge in [-0.2, -0.15) is 0 Å². The number of benzene rings is 2. The van der Waals surface area contributed by atoms with Gasteiger partial charge in [0, 0.05) is 11.1 Å². The Kier molecular flexibility index (Phi) is 4.97. The summed E-state index contributed by atoms with van der Waals surface area (Å²) in [6.45, 7) is 2.07. The maximum Gasteiger partial charge on any atom is 0.255 e. The van der Waals surface area contributed by atoms with E-state index in [0.717, 1.165) is 32.1 Å². The molecule has 0 aromatic heterocycles. The smallest absolute Gasteiger partial charge is 0.255 e. The first-order valence-corrected chi connectivity index (χ1v) is 9.97. The van der Waals surface area contributed by atoms with Gasteiger partial charge in [0.05, 0.1) is 12.1 Å². The highest BCUT2D eigenvalue weighted by molar-refractivity contribution is 5.98. The van der Waals surface area contributed by atoms with Crippen LogP contribution >= 0.6 is 0 Å². The van der Waals surface area contributed by atoms with Crippen LogP contribution in [0.3, 0.4) is 0 Å². The van der Waals surface area contributed by atoms with Crippen LogP contribution in [-0.4, -0.2) is 39.9 Å². The highest BCUT2D eigenvalue weighted by atomic mass is 16.2. The van der Waals surface area contributed by atoms with E-state index in [2.05, 4.69) is 6.92 Å². The Morgan fingerprint density at radius 2 is 1.19 bits per heavy atom. The van der Waals surface area contributed by atoms with E-state index in [0.29, 0.717) is 11.1 Å². The van der Waals surface area contributed by atoms with Crippen LogP contribution in [0.5, 0.6) is 0 Å². The van der Waals surface area contributed by atoms with Crippen molar-refractivity contribution in [3.8, 4) is 0 Å². The topological polar surface area (TPSA) is 40.6 Å². The fraction of sp³-hybridized carbons (Fsp3) is 0.391. The number of carbonyl (C=O) groups excluding carboxylic acids is 2. The third-order valence-corrected chi connectivity index (χ3v) is 5.93. The van der Waals surface area contributed by atoms with Crippen LogP contribution in [-0.2, 0) is 0 Å². The monoisotopic (exact) mass is 362 g/mol. The number of amides is 2. The molecule has 2 aliphatic rings. The van der Waals surface area contributed by atoms with Crippen molar-refractivity contribution in [1.29, 1.82) is 0 Å². The Morgan fingerprint density at radius 3 is 1.56 bits per heavy atom. The zero-order chi connectivity index (χ0) is 18.8. The number of carbonyl (C=O) groups is 2. The van der Waals surface area contributed by atoms with E-state index in [1.807, 2.05) is 70.5 Å². The first-order chi connectivity index (χ1) is 13.2. The second-order valence-electron chi connectivity index (χ2n) is 7.46. The Balaban J connectivity index is 1.72. The van der Waals surface area contributed by atoms with E-state index < -0.39 is 0 Å². The molecule has 1 aliphatic carbocycles. The third kappa shape index (κ3) is 3.14. The maximum absolute atomic E-state index is 13.4. The van der Waals surface area contributed by atoms with E-state index in [1.165, 1.54) is 0 Å². The van der Waals surface area contributed by atoms with E-state index in [1.54, 1.807) is 0 Å². The predicted octanol–water partition coefficient (Wildman–Crippen LogP) is 4.33. The Hall–Kier alpha value is -2.62. The van der Waals surface area contributed by atoms with E-state index in [-0.39, 0.29) is 30.1 Å². The molecule has 4 heteroatoms. The Labute approximate surface area is 160 Å². The molecule has 0 radical (unpaired) electrons. The summed E-state index contributed by atoms with van der Waals surface area (Å²) in [5, 5.41) is 0. The first-order valence-electron chi connectivity index (χ1n) is 9.97. The summed E-state index contributed by atoms with van der Waals surface area (Å²) in [5.74, 6) is 0.0884. The second kappa shape index (κ2) is 7.55. The highest BCUT2D eigenvalue weighted by Crippen LogP contribution is 2.39. The first kappa shape index (κ1) is 17.8. The molecule has 1 saturated carbocycles. The minimum absolute atomic E-state index is 0.0442. The number of hydrogen-bond donors (Lipinski definition) is 0. The van der Waals surface area contributed by atoms with Gasteiger partial charge in [0.15, 0.2) is 0 Å². The minimum atomic E-state index is -0.182. The largest absolute Gasteiger partial charge is 0.313 e. The number of rotatable bonds is 3. The van der Waals surface area contributed by atoms with Crippen molar-refractivity contribution in [3.63, 3.8) is 0 Å². The molecule has 1 saturated heterocycles. The lowest BCUT2D eigenvalue weighted by molar-refractivity contribution is 0.0490. The summed E-state index contributed by atoms with van der Waals surface area (Å²) in [5.41, 5.74) is 1.41. The lowest BCUT2D eigenvalue weighted by atomic mass is 9.89. The highest BCUT2D eigenvalue weighted by Gasteiger charge is 2.51. The van der Waals surface area contributed by atoms with Crippen molar-refractivity contribution >= 4 is 11.8 Å². The van der Waals surface area contributed by atoms with Crippen LogP contribution in [0.4, 0.5) is 0 Å². The van der Waals surface area contributed by atoms with Gasteiger partial charge in [0.2, 0.25) is 0 Å². The molecule has 1 aliphatic heterocycles. The zero-order valence-electron chi connectivity index (χ0n) is 15.8. The van der Waals surface area contributed by atoms with Gasteiger partial charge in [-0.25, -0.2) is 0 Å². The summed E-state index contributed by atoms with van der Waals surface area (Å²) < 4.78 is 0. The maximum atomic E-state index is 13.4. The fourth-order valence-electron chi connectivity index (χ4n) is 4.74. The van der Waals surface area contributed by atoms with Crippen LogP contribution in [0.2, 0.25) is 0 Å². The van der Waals surface area contributed by atoms with Gasteiger partial charge in [-0.05, 0) is 43.5 Å². The molecule has 2 amide bonds. The summed E-state index contributed by atoms with van der Waals surface area (Å²) in [6, 6.07) is 19.1. The van der Waals surface area contributed by atoms with E-state index >= 15 is 0 Å². The molecule has 2 aromatic rings. The summed E-state index contributed by atoms with van der Waals surface area (Å²) >= 11 is 0. The molecule has 2 atom stereocenters. The van der Waals surface area contributed by atoms with E-state index in [9.17, 15) is 9.59 Å². The minimum Gasteiger partial charge on any atom is -0.313 e. The van der Waals surface area contributed by atoms with Crippen molar-refractivity contribution in [2.45, 2.75) is 57.3 Å². The second-order valence-corrected chi connectivity index (χ2v) is 7.46. The van der Waals surface area contributed by atoms with Crippen molar-refractivity contribution < 1.29 is 9.59 Å². The average Bonchev–Trinajstić information content (AvgIpc) is 3.08. The van der Waals surface area contributed by atoms with Crippen molar-refractivity contribution in [3.05, 3.63) is 71.8 Å². The molecule has 0 N–H and O–H groups in total. The number of nitrogens with zero attached hydrogens (tertiary/aromatic N) is 2. The third-order valence-electron chi connectivity index (χ3n) is 5.93. The van der Waals surface area contributed by atoms with Gasteiger partial charge in [0.1, 0.15) is 6.17 Å². The van der Waals surface area contributed by atoms with Crippen LogP contribution in [0.15, 0.2) is 60.7 Å². The summed E-state index contributed by atoms with van der Waals surface area (Å²) in [6.07, 6.45) is 4.73. The molecular formula is C23H26N2O2. The lowest BCUT2D eigenvalue weighted by Crippen LogP contribution is -2.46. The standard InChI is InChI=1S/C23H26N2O2/c1-2-21-24(22(26)17-11-5-3-6-12-17)19-15-9-10-16-20(19)25(21)23(27)18-13-7-4-8-14-18/h3-8,11-14,19-21H,2,9-10,15-16H2,1H3/t19-,20-/m0/s1. The van der Waals surface area contributed by atoms with Crippen LogP contribution in [0, 0.1) is 0 Å². The molecule has 140 valence electrons. The summed E-state index contributed by atoms with van der Waals surface area (Å²) in [7, 11) is 0. The van der Waals surface area contributed by atoms with E-state index in [4.69, 9.17) is 0 Å². The molecule has 1 heterocycles. The fourth-order valence-corrected chi connectivity index (χ4v) is 4.74. The van der Waals surface area contributed by atoms with Gasteiger partial charge in [-0.15, -0.1) is 0 Å². The van der Waals surface area contributed by atoms with Gasteiger partial charge in [-0.1, -0.05) is 56.2 Å². The van der Waals surface area contributed by atoms with Crippen LogP contribution in [0.25, 0.3) is 0 Å². The van der Waals surface area contributed by atoms with Crippen LogP contribution < -0.4 is 0 Å². The molecule has 0 unspecified atom stereocenters. The molecule has 2 fully saturated rings. The van der Waals surface area contributed by atoms with Gasteiger partial charge < -0.3 is 9.80 Å². The Morgan fingerprint density at radius 1 is 0.778 bits per heavy atom. The van der Waals surface area contributed by atoms with Crippen molar-refractivity contribution in [2.75, 3.05) is 0 Å². The number of fused-ring (bicyclic) bond motifs is 1. The SMILES string of the molecule is CCC1N(C(=O)c2ccccc2)[C@H]2CCCC[C@@H]2N1C(=O)c1ccccc1. The van der Waals surface area contributed by atoms with Gasteiger partial charge in [0.25, 0.3) is 11.8 Å². The van der Waals surface area contributed by atoms with Gasteiger partial charge >= 0.3 is 0 Å². The molecule has 0 spiro atoms. The average molecular weight is 362 g/mol. The van der Waals surface area contributed by atoms with Gasteiger partial charge in [-0.3, -0.25) is 9.59 Å². The normalized spacial score (nSPS) is 22.6. The molecule has 0 bridgehead atoms. The molecule has 2 aromatic carbocycles. The summed E-state index contributed by atoms with van der Waals surface area (Å²) in [4.78, 5) is 30.7. The Bertz CT molecular complexity index is 738.